The van der Waals surface area contributed by atoms with Crippen LogP contribution in [-0.2, 0) is 11.3 Å². The maximum absolute atomic E-state index is 12.1. The van der Waals surface area contributed by atoms with Gasteiger partial charge in [-0.25, -0.2) is 5.43 Å². The number of nitrogens with one attached hydrogen (secondary N) is 1. The van der Waals surface area contributed by atoms with E-state index >= 15 is 0 Å². The van der Waals surface area contributed by atoms with Gasteiger partial charge in [0.05, 0.1) is 17.2 Å². The van der Waals surface area contributed by atoms with E-state index < -0.39 is 10.8 Å². The molecule has 0 saturated carbocycles. The van der Waals surface area contributed by atoms with Crippen LogP contribution in [0.3, 0.4) is 0 Å². The van der Waals surface area contributed by atoms with Crippen LogP contribution in [0.15, 0.2) is 59.7 Å². The van der Waals surface area contributed by atoms with Gasteiger partial charge in [-0.1, -0.05) is 42.1 Å². The van der Waals surface area contributed by atoms with Gasteiger partial charge in [-0.2, -0.15) is 0 Å². The van der Waals surface area contributed by atoms with E-state index in [0.717, 1.165) is 5.56 Å². The molecule has 26 heavy (non-hydrogen) atoms. The smallest absolute Gasteiger partial charge is 0.271 e. The second-order valence-electron chi connectivity index (χ2n) is 5.39. The number of amides is 2. The zero-order chi connectivity index (χ0) is 18.5. The first kappa shape index (κ1) is 17.6. The van der Waals surface area contributed by atoms with Crippen LogP contribution in [0.5, 0.6) is 0 Å². The summed E-state index contributed by atoms with van der Waals surface area (Å²) >= 11 is 1.24. The van der Waals surface area contributed by atoms with Gasteiger partial charge < -0.3 is 0 Å². The third-order valence-corrected chi connectivity index (χ3v) is 4.59. The summed E-state index contributed by atoms with van der Waals surface area (Å²) in [5.74, 6) is -0.326. The van der Waals surface area contributed by atoms with E-state index in [0.29, 0.717) is 11.7 Å². The quantitative estimate of drug-likeness (QED) is 0.643. The standard InChI is InChI=1S/C17H14N4O4S/c22-15-11-26-17(20(15)10-12-4-2-1-3-5-12)19-18-16(23)13-6-8-14(9-7-13)21(24)25/h1-9H,10-11H2,(H,18,23)/b19-17+. The van der Waals surface area contributed by atoms with Crippen LogP contribution in [-0.4, -0.2) is 32.6 Å². The van der Waals surface area contributed by atoms with Crippen molar-refractivity contribution in [2.45, 2.75) is 6.54 Å². The van der Waals surface area contributed by atoms with Crippen molar-refractivity contribution >= 4 is 34.4 Å². The van der Waals surface area contributed by atoms with Gasteiger partial charge in [0.1, 0.15) is 0 Å². The lowest BCUT2D eigenvalue weighted by Gasteiger charge is -2.15. The van der Waals surface area contributed by atoms with Crippen molar-refractivity contribution in [3.8, 4) is 0 Å². The number of rotatable bonds is 5. The fraction of sp³-hybridized carbons (Fsp3) is 0.118. The fourth-order valence-corrected chi connectivity index (χ4v) is 3.14. The predicted octanol–water partition coefficient (Wildman–Crippen LogP) is 2.37. The van der Waals surface area contributed by atoms with E-state index in [1.807, 2.05) is 30.3 Å². The van der Waals surface area contributed by atoms with Crippen LogP contribution >= 0.6 is 11.8 Å². The first-order valence-electron chi connectivity index (χ1n) is 7.64. The summed E-state index contributed by atoms with van der Waals surface area (Å²) in [6.45, 7) is 0.374. The molecule has 1 N–H and O–H groups in total. The number of carbonyl (C=O) groups is 2. The summed E-state index contributed by atoms with van der Waals surface area (Å²) in [7, 11) is 0. The molecular formula is C17H14N4O4S. The van der Waals surface area contributed by atoms with Crippen molar-refractivity contribution in [3.63, 3.8) is 0 Å². The molecule has 1 aliphatic heterocycles. The summed E-state index contributed by atoms with van der Waals surface area (Å²) in [6.07, 6.45) is 0. The van der Waals surface area contributed by atoms with Gasteiger partial charge in [-0.15, -0.1) is 5.10 Å². The molecule has 0 bridgehead atoms. The van der Waals surface area contributed by atoms with Crippen LogP contribution < -0.4 is 5.43 Å². The van der Waals surface area contributed by atoms with Gasteiger partial charge >= 0.3 is 0 Å². The first-order chi connectivity index (χ1) is 12.5. The van der Waals surface area contributed by atoms with E-state index in [9.17, 15) is 19.7 Å². The van der Waals surface area contributed by atoms with E-state index in [-0.39, 0.29) is 22.9 Å². The Morgan fingerprint density at radius 3 is 2.54 bits per heavy atom. The third-order valence-electron chi connectivity index (χ3n) is 3.63. The molecule has 9 heteroatoms. The highest BCUT2D eigenvalue weighted by molar-refractivity contribution is 8.15. The Balaban J connectivity index is 1.68. The zero-order valence-electron chi connectivity index (χ0n) is 13.5. The lowest BCUT2D eigenvalue weighted by Crippen LogP contribution is -2.31. The van der Waals surface area contributed by atoms with Crippen molar-refractivity contribution in [3.05, 3.63) is 75.8 Å². The van der Waals surface area contributed by atoms with Gasteiger partial charge in [-0.3, -0.25) is 24.6 Å². The molecule has 0 spiro atoms. The highest BCUT2D eigenvalue weighted by atomic mass is 32.2. The van der Waals surface area contributed by atoms with Gasteiger partial charge in [0, 0.05) is 17.7 Å². The molecule has 132 valence electrons. The number of thioether (sulfide) groups is 1. The van der Waals surface area contributed by atoms with Crippen LogP contribution in [0.1, 0.15) is 15.9 Å². The molecule has 1 fully saturated rings. The van der Waals surface area contributed by atoms with Crippen LogP contribution in [0.25, 0.3) is 0 Å². The minimum absolute atomic E-state index is 0.0813. The maximum Gasteiger partial charge on any atom is 0.271 e. The molecule has 2 aromatic rings. The minimum Gasteiger partial charge on any atom is -0.285 e. The number of benzene rings is 2. The van der Waals surface area contributed by atoms with E-state index in [2.05, 4.69) is 10.5 Å². The number of nitro benzene ring substituents is 1. The second kappa shape index (κ2) is 7.79. The molecule has 0 unspecified atom stereocenters. The Labute approximate surface area is 153 Å². The van der Waals surface area contributed by atoms with Crippen LogP contribution in [0.2, 0.25) is 0 Å². The Bertz CT molecular complexity index is 868. The van der Waals surface area contributed by atoms with Gasteiger partial charge in [0.2, 0.25) is 5.91 Å². The average Bonchev–Trinajstić information content (AvgIpc) is 3.00. The minimum atomic E-state index is -0.538. The average molecular weight is 370 g/mol. The highest BCUT2D eigenvalue weighted by Gasteiger charge is 2.28. The SMILES string of the molecule is O=C(N/N=C1/SCC(=O)N1Cc1ccccc1)c1ccc([N+](=O)[O-])cc1. The van der Waals surface area contributed by atoms with Gasteiger partial charge in [-0.05, 0) is 17.7 Å². The van der Waals surface area contributed by atoms with Crippen LogP contribution in [0, 0.1) is 10.1 Å². The summed E-state index contributed by atoms with van der Waals surface area (Å²) in [5, 5.41) is 15.1. The largest absolute Gasteiger partial charge is 0.285 e. The van der Waals surface area contributed by atoms with Crippen molar-refractivity contribution in [2.75, 3.05) is 5.75 Å². The number of hydrogen-bond acceptors (Lipinski definition) is 6. The lowest BCUT2D eigenvalue weighted by atomic mass is 10.2. The second-order valence-corrected chi connectivity index (χ2v) is 6.34. The number of hydrazone groups is 1. The Kier molecular flexibility index (Phi) is 5.28. The van der Waals surface area contributed by atoms with Crippen molar-refractivity contribution < 1.29 is 14.5 Å². The number of nitrogens with zero attached hydrogens (tertiary/aromatic N) is 3. The van der Waals surface area contributed by atoms with Crippen molar-refractivity contribution in [1.82, 2.24) is 10.3 Å². The number of nitro groups is 1. The first-order valence-corrected chi connectivity index (χ1v) is 8.63. The van der Waals surface area contributed by atoms with Crippen molar-refractivity contribution in [1.29, 1.82) is 0 Å². The van der Waals surface area contributed by atoms with E-state index in [1.165, 1.54) is 40.9 Å². The molecule has 2 amide bonds. The maximum atomic E-state index is 12.1. The third kappa shape index (κ3) is 4.06. The normalized spacial score (nSPS) is 15.3. The fourth-order valence-electron chi connectivity index (χ4n) is 2.30. The Morgan fingerprint density at radius 2 is 1.88 bits per heavy atom. The number of hydrogen-bond donors (Lipinski definition) is 1. The number of carbonyl (C=O) groups excluding carboxylic acids is 2. The summed E-state index contributed by atoms with van der Waals surface area (Å²) in [6, 6.07) is 14.7. The number of non-ortho nitro benzene ring substituents is 1. The Hall–Kier alpha value is -3.20. The molecule has 1 aliphatic rings. The molecular weight excluding hydrogens is 356 g/mol. The molecule has 0 aromatic heterocycles. The topological polar surface area (TPSA) is 105 Å². The molecule has 1 saturated heterocycles. The predicted molar refractivity (Wildman–Crippen MR) is 97.4 cm³/mol. The lowest BCUT2D eigenvalue weighted by molar-refractivity contribution is -0.384. The summed E-state index contributed by atoms with van der Waals surface area (Å²) < 4.78 is 0. The van der Waals surface area contributed by atoms with E-state index in [4.69, 9.17) is 0 Å². The molecule has 3 rings (SSSR count). The molecule has 0 radical (unpaired) electrons. The molecule has 2 aromatic carbocycles. The Morgan fingerprint density at radius 1 is 1.19 bits per heavy atom. The summed E-state index contributed by atoms with van der Waals surface area (Å²) in [5.41, 5.74) is 3.49. The molecule has 0 aliphatic carbocycles. The molecule has 8 nitrogen and oxygen atoms in total. The monoisotopic (exact) mass is 370 g/mol. The molecule has 0 atom stereocenters. The summed E-state index contributed by atoms with van der Waals surface area (Å²) in [4.78, 5) is 35.8. The van der Waals surface area contributed by atoms with Crippen LogP contribution in [0.4, 0.5) is 5.69 Å². The molecule has 1 heterocycles. The van der Waals surface area contributed by atoms with Crippen molar-refractivity contribution in [2.24, 2.45) is 5.10 Å². The zero-order valence-corrected chi connectivity index (χ0v) is 14.3. The van der Waals surface area contributed by atoms with Gasteiger partial charge in [0.15, 0.2) is 5.17 Å². The van der Waals surface area contributed by atoms with E-state index in [1.54, 1.807) is 0 Å². The van der Waals surface area contributed by atoms with Gasteiger partial charge in [0.25, 0.3) is 11.6 Å². The highest BCUT2D eigenvalue weighted by Crippen LogP contribution is 2.21. The number of amidine groups is 1.